The molecule has 2 fully saturated rings. The van der Waals surface area contributed by atoms with Crippen molar-refractivity contribution in [1.82, 2.24) is 10.2 Å². The number of hydrogen-bond acceptors (Lipinski definition) is 2. The smallest absolute Gasteiger partial charge is 0.245 e. The van der Waals surface area contributed by atoms with Crippen molar-refractivity contribution in [2.75, 3.05) is 6.54 Å². The Morgan fingerprint density at radius 1 is 1.11 bits per heavy atom. The molecule has 0 spiro atoms. The third-order valence-electron chi connectivity index (χ3n) is 4.15. The van der Waals surface area contributed by atoms with E-state index in [1.54, 1.807) is 0 Å². The molecule has 1 atom stereocenters. The average Bonchev–Trinajstić information content (AvgIpc) is 2.32. The van der Waals surface area contributed by atoms with Gasteiger partial charge in [0.15, 0.2) is 0 Å². The predicted molar refractivity (Wildman–Crippen MR) is 70.0 cm³/mol. The SMILES string of the molecule is CCC1NC(=O)CN(C2CCCCCCC2)C1=O. The fraction of sp³-hybridized carbons (Fsp3) is 0.857. The Labute approximate surface area is 109 Å². The fourth-order valence-electron chi connectivity index (χ4n) is 3.07. The standard InChI is InChI=1S/C14H24N2O2/c1-2-12-14(18)16(10-13(17)15-12)11-8-6-4-3-5-7-9-11/h11-12H,2-10H2,1H3,(H,15,17). The van der Waals surface area contributed by atoms with Crippen molar-refractivity contribution in [2.45, 2.75) is 70.4 Å². The maximum atomic E-state index is 12.3. The van der Waals surface area contributed by atoms with E-state index in [9.17, 15) is 9.59 Å². The molecule has 4 heteroatoms. The Kier molecular flexibility index (Phi) is 4.61. The van der Waals surface area contributed by atoms with Gasteiger partial charge in [-0.3, -0.25) is 9.59 Å². The molecule has 2 aliphatic rings. The minimum Gasteiger partial charge on any atom is -0.343 e. The van der Waals surface area contributed by atoms with Crippen molar-refractivity contribution in [3.63, 3.8) is 0 Å². The van der Waals surface area contributed by atoms with E-state index in [-0.39, 0.29) is 30.4 Å². The van der Waals surface area contributed by atoms with E-state index < -0.39 is 0 Å². The molecule has 0 bridgehead atoms. The zero-order valence-corrected chi connectivity index (χ0v) is 11.3. The van der Waals surface area contributed by atoms with Gasteiger partial charge in [0, 0.05) is 6.04 Å². The van der Waals surface area contributed by atoms with Crippen LogP contribution in [0.1, 0.15) is 58.3 Å². The first-order chi connectivity index (χ1) is 8.72. The molecule has 102 valence electrons. The van der Waals surface area contributed by atoms with E-state index in [4.69, 9.17) is 0 Å². The lowest BCUT2D eigenvalue weighted by molar-refractivity contribution is -0.147. The molecular formula is C14H24N2O2. The molecule has 1 saturated heterocycles. The van der Waals surface area contributed by atoms with Crippen molar-refractivity contribution < 1.29 is 9.59 Å². The van der Waals surface area contributed by atoms with E-state index in [0.29, 0.717) is 6.42 Å². The average molecular weight is 252 g/mol. The van der Waals surface area contributed by atoms with E-state index >= 15 is 0 Å². The molecule has 1 saturated carbocycles. The Balaban J connectivity index is 2.03. The molecule has 0 radical (unpaired) electrons. The highest BCUT2D eigenvalue weighted by Crippen LogP contribution is 2.23. The van der Waals surface area contributed by atoms with Crippen LogP contribution < -0.4 is 5.32 Å². The summed E-state index contributed by atoms with van der Waals surface area (Å²) in [5.41, 5.74) is 0. The summed E-state index contributed by atoms with van der Waals surface area (Å²) in [6.07, 6.45) is 9.04. The van der Waals surface area contributed by atoms with Gasteiger partial charge in [-0.05, 0) is 19.3 Å². The van der Waals surface area contributed by atoms with Crippen LogP contribution in [0.4, 0.5) is 0 Å². The number of rotatable bonds is 2. The molecule has 18 heavy (non-hydrogen) atoms. The van der Waals surface area contributed by atoms with Crippen LogP contribution in [0, 0.1) is 0 Å². The summed E-state index contributed by atoms with van der Waals surface area (Å²) >= 11 is 0. The zero-order chi connectivity index (χ0) is 13.0. The van der Waals surface area contributed by atoms with Crippen LogP contribution in [0.5, 0.6) is 0 Å². The van der Waals surface area contributed by atoms with Crippen LogP contribution in [-0.4, -0.2) is 35.3 Å². The van der Waals surface area contributed by atoms with Crippen LogP contribution in [0.25, 0.3) is 0 Å². The summed E-state index contributed by atoms with van der Waals surface area (Å²) < 4.78 is 0. The highest BCUT2D eigenvalue weighted by Gasteiger charge is 2.35. The number of carbonyl (C=O) groups excluding carboxylic acids is 2. The molecule has 0 aromatic rings. The lowest BCUT2D eigenvalue weighted by Gasteiger charge is -2.38. The van der Waals surface area contributed by atoms with Gasteiger partial charge < -0.3 is 10.2 Å². The molecule has 0 aromatic carbocycles. The summed E-state index contributed by atoms with van der Waals surface area (Å²) in [6, 6.07) is -0.00501. The van der Waals surface area contributed by atoms with E-state index in [0.717, 1.165) is 12.8 Å². The van der Waals surface area contributed by atoms with Gasteiger partial charge in [-0.1, -0.05) is 39.0 Å². The zero-order valence-electron chi connectivity index (χ0n) is 11.3. The van der Waals surface area contributed by atoms with Gasteiger partial charge in [0.05, 0.1) is 6.54 Å². The summed E-state index contributed by atoms with van der Waals surface area (Å²) in [5.74, 6) is 0.131. The first kappa shape index (κ1) is 13.4. The van der Waals surface area contributed by atoms with Gasteiger partial charge in [0.2, 0.25) is 11.8 Å². The summed E-state index contributed by atoms with van der Waals surface area (Å²) in [4.78, 5) is 25.8. The highest BCUT2D eigenvalue weighted by molar-refractivity contribution is 5.94. The van der Waals surface area contributed by atoms with Gasteiger partial charge in [0.1, 0.15) is 6.04 Å². The molecular weight excluding hydrogens is 228 g/mol. The van der Waals surface area contributed by atoms with E-state index in [2.05, 4.69) is 5.32 Å². The van der Waals surface area contributed by atoms with Crippen molar-refractivity contribution in [1.29, 1.82) is 0 Å². The van der Waals surface area contributed by atoms with Crippen molar-refractivity contribution in [3.05, 3.63) is 0 Å². The van der Waals surface area contributed by atoms with Crippen LogP contribution in [0.2, 0.25) is 0 Å². The third kappa shape index (κ3) is 3.03. The van der Waals surface area contributed by atoms with Crippen LogP contribution in [0.15, 0.2) is 0 Å². The number of nitrogens with one attached hydrogen (secondary N) is 1. The predicted octanol–water partition coefficient (Wildman–Crippen LogP) is 1.84. The maximum absolute atomic E-state index is 12.3. The lowest BCUT2D eigenvalue weighted by atomic mass is 9.94. The first-order valence-corrected chi connectivity index (χ1v) is 7.32. The largest absolute Gasteiger partial charge is 0.343 e. The highest BCUT2D eigenvalue weighted by atomic mass is 16.2. The minimum absolute atomic E-state index is 0.00325. The quantitative estimate of drug-likeness (QED) is 0.815. The van der Waals surface area contributed by atoms with Crippen LogP contribution in [0.3, 0.4) is 0 Å². The van der Waals surface area contributed by atoms with Crippen LogP contribution in [-0.2, 0) is 9.59 Å². The van der Waals surface area contributed by atoms with E-state index in [1.807, 2.05) is 11.8 Å². The molecule has 1 N–H and O–H groups in total. The van der Waals surface area contributed by atoms with Crippen LogP contribution >= 0.6 is 0 Å². The Morgan fingerprint density at radius 3 is 2.33 bits per heavy atom. The number of piperazine rings is 1. The monoisotopic (exact) mass is 252 g/mol. The topological polar surface area (TPSA) is 49.4 Å². The summed E-state index contributed by atoms with van der Waals surface area (Å²) in [6.45, 7) is 2.21. The summed E-state index contributed by atoms with van der Waals surface area (Å²) in [7, 11) is 0. The number of hydrogen-bond donors (Lipinski definition) is 1. The second-order valence-electron chi connectivity index (χ2n) is 5.49. The molecule has 0 aromatic heterocycles. The second-order valence-corrected chi connectivity index (χ2v) is 5.49. The first-order valence-electron chi connectivity index (χ1n) is 7.32. The molecule has 1 aliphatic carbocycles. The molecule has 4 nitrogen and oxygen atoms in total. The fourth-order valence-corrected chi connectivity index (χ4v) is 3.07. The lowest BCUT2D eigenvalue weighted by Crippen LogP contribution is -2.60. The van der Waals surface area contributed by atoms with E-state index in [1.165, 1.54) is 32.1 Å². The van der Waals surface area contributed by atoms with Gasteiger partial charge >= 0.3 is 0 Å². The van der Waals surface area contributed by atoms with Crippen molar-refractivity contribution >= 4 is 11.8 Å². The Hall–Kier alpha value is -1.06. The van der Waals surface area contributed by atoms with Gasteiger partial charge in [-0.2, -0.15) is 0 Å². The summed E-state index contributed by atoms with van der Waals surface area (Å²) in [5, 5.41) is 2.78. The molecule has 1 aliphatic heterocycles. The van der Waals surface area contributed by atoms with Crippen molar-refractivity contribution in [3.8, 4) is 0 Å². The van der Waals surface area contributed by atoms with Gasteiger partial charge in [-0.15, -0.1) is 0 Å². The molecule has 2 amide bonds. The number of amides is 2. The minimum atomic E-state index is -0.295. The normalized spacial score (nSPS) is 27.6. The third-order valence-corrected chi connectivity index (χ3v) is 4.15. The molecule has 1 heterocycles. The van der Waals surface area contributed by atoms with Crippen molar-refractivity contribution in [2.24, 2.45) is 0 Å². The van der Waals surface area contributed by atoms with Gasteiger partial charge in [0.25, 0.3) is 0 Å². The molecule has 1 unspecified atom stereocenters. The maximum Gasteiger partial charge on any atom is 0.245 e. The van der Waals surface area contributed by atoms with Gasteiger partial charge in [-0.25, -0.2) is 0 Å². The second kappa shape index (κ2) is 6.21. The molecule has 2 rings (SSSR count). The Bertz CT molecular complexity index is 309. The number of carbonyl (C=O) groups is 2. The Morgan fingerprint density at radius 2 is 1.72 bits per heavy atom. The number of nitrogens with zero attached hydrogens (tertiary/aromatic N) is 1.